The third kappa shape index (κ3) is 3.72. The minimum Gasteiger partial charge on any atom is -0.397 e. The molecule has 1 aromatic carbocycles. The maximum absolute atomic E-state index is 8.91. The van der Waals surface area contributed by atoms with Crippen molar-refractivity contribution in [3.05, 3.63) is 22.7 Å². The van der Waals surface area contributed by atoms with E-state index in [2.05, 4.69) is 21.2 Å². The Morgan fingerprint density at radius 3 is 2.67 bits per heavy atom. The molecule has 0 radical (unpaired) electrons. The van der Waals surface area contributed by atoms with E-state index < -0.39 is 0 Å². The van der Waals surface area contributed by atoms with Crippen LogP contribution in [-0.4, -0.2) is 17.3 Å². The molecule has 0 saturated carbocycles. The van der Waals surface area contributed by atoms with Crippen LogP contribution in [0.3, 0.4) is 0 Å². The van der Waals surface area contributed by atoms with Crippen molar-refractivity contribution in [1.82, 2.24) is 0 Å². The van der Waals surface area contributed by atoms with E-state index in [1.165, 1.54) is 0 Å². The highest BCUT2D eigenvalue weighted by Crippen LogP contribution is 2.26. The number of benzene rings is 1. The smallest absolute Gasteiger partial charge is 0.0578 e. The number of hydrogen-bond donors (Lipinski definition) is 3. The van der Waals surface area contributed by atoms with E-state index in [1.54, 1.807) is 0 Å². The van der Waals surface area contributed by atoms with Crippen molar-refractivity contribution < 1.29 is 5.11 Å². The summed E-state index contributed by atoms with van der Waals surface area (Å²) in [6, 6.07) is 5.73. The molecule has 4 heteroatoms. The first-order valence-corrected chi connectivity index (χ1v) is 5.68. The molecule has 0 bridgehead atoms. The second kappa shape index (κ2) is 4.86. The lowest BCUT2D eigenvalue weighted by atomic mass is 10.0. The van der Waals surface area contributed by atoms with Crippen LogP contribution in [0.25, 0.3) is 0 Å². The number of halogens is 1. The third-order valence-corrected chi connectivity index (χ3v) is 2.72. The van der Waals surface area contributed by atoms with E-state index in [1.807, 2.05) is 32.0 Å². The first-order chi connectivity index (χ1) is 6.94. The summed E-state index contributed by atoms with van der Waals surface area (Å²) in [5.41, 5.74) is 7.32. The van der Waals surface area contributed by atoms with Crippen LogP contribution < -0.4 is 11.1 Å². The van der Waals surface area contributed by atoms with E-state index in [4.69, 9.17) is 10.8 Å². The molecule has 3 nitrogen and oxygen atoms in total. The summed E-state index contributed by atoms with van der Waals surface area (Å²) in [5.74, 6) is 0. The van der Waals surface area contributed by atoms with Gasteiger partial charge in [-0.15, -0.1) is 0 Å². The van der Waals surface area contributed by atoms with Gasteiger partial charge in [0.15, 0.2) is 0 Å². The predicted octanol–water partition coefficient (Wildman–Crippen LogP) is 2.60. The third-order valence-electron chi connectivity index (χ3n) is 2.22. The van der Waals surface area contributed by atoms with Gasteiger partial charge in [0.25, 0.3) is 0 Å². The molecule has 0 aliphatic rings. The summed E-state index contributed by atoms with van der Waals surface area (Å²) in [6.07, 6.45) is 0.683. The number of aliphatic hydroxyl groups is 1. The Labute approximate surface area is 98.8 Å². The number of hydrogen-bond acceptors (Lipinski definition) is 3. The molecule has 0 spiro atoms. The van der Waals surface area contributed by atoms with Crippen molar-refractivity contribution in [2.75, 3.05) is 17.7 Å². The fourth-order valence-electron chi connectivity index (χ4n) is 1.35. The molecular formula is C11H17BrN2O. The van der Waals surface area contributed by atoms with Crippen molar-refractivity contribution in [1.29, 1.82) is 0 Å². The van der Waals surface area contributed by atoms with Crippen LogP contribution in [0, 0.1) is 0 Å². The van der Waals surface area contributed by atoms with Gasteiger partial charge in [-0.3, -0.25) is 0 Å². The van der Waals surface area contributed by atoms with Crippen molar-refractivity contribution in [2.24, 2.45) is 0 Å². The van der Waals surface area contributed by atoms with Crippen molar-refractivity contribution >= 4 is 27.3 Å². The van der Waals surface area contributed by atoms with Gasteiger partial charge in [0.05, 0.1) is 11.4 Å². The Bertz CT molecular complexity index is 339. The summed E-state index contributed by atoms with van der Waals surface area (Å²) in [7, 11) is 0. The molecule has 0 aliphatic heterocycles. The van der Waals surface area contributed by atoms with Gasteiger partial charge >= 0.3 is 0 Å². The summed E-state index contributed by atoms with van der Waals surface area (Å²) in [6.45, 7) is 4.23. The summed E-state index contributed by atoms with van der Waals surface area (Å²) < 4.78 is 0.963. The average molecular weight is 273 g/mol. The molecule has 0 aliphatic carbocycles. The van der Waals surface area contributed by atoms with Gasteiger partial charge in [-0.1, -0.05) is 15.9 Å². The molecule has 0 heterocycles. The largest absolute Gasteiger partial charge is 0.397 e. The number of anilines is 2. The normalized spacial score (nSPS) is 11.5. The minimum atomic E-state index is -0.156. The quantitative estimate of drug-likeness (QED) is 0.739. The van der Waals surface area contributed by atoms with Crippen LogP contribution in [0.2, 0.25) is 0 Å². The fourth-order valence-corrected chi connectivity index (χ4v) is 1.73. The Kier molecular flexibility index (Phi) is 3.99. The number of nitrogen functional groups attached to an aromatic ring is 1. The van der Waals surface area contributed by atoms with Crippen molar-refractivity contribution in [3.8, 4) is 0 Å². The zero-order chi connectivity index (χ0) is 11.5. The van der Waals surface area contributed by atoms with Crippen LogP contribution in [0.4, 0.5) is 11.4 Å². The van der Waals surface area contributed by atoms with Crippen molar-refractivity contribution in [2.45, 2.75) is 25.8 Å². The monoisotopic (exact) mass is 272 g/mol. The zero-order valence-corrected chi connectivity index (χ0v) is 10.6. The fraction of sp³-hybridized carbons (Fsp3) is 0.455. The molecule has 0 saturated heterocycles. The van der Waals surface area contributed by atoms with E-state index in [9.17, 15) is 0 Å². The van der Waals surface area contributed by atoms with E-state index >= 15 is 0 Å². The van der Waals surface area contributed by atoms with Crippen LogP contribution in [0.5, 0.6) is 0 Å². The molecule has 4 N–H and O–H groups in total. The molecule has 84 valence electrons. The predicted molar refractivity (Wildman–Crippen MR) is 68.0 cm³/mol. The standard InChI is InChI=1S/C11H17BrN2O/c1-11(2,5-6-15)14-10-4-3-8(12)7-9(10)13/h3-4,7,14-15H,5-6,13H2,1-2H3. The molecule has 1 rings (SSSR count). The maximum atomic E-state index is 8.91. The second-order valence-electron chi connectivity index (χ2n) is 4.21. The van der Waals surface area contributed by atoms with Crippen LogP contribution in [-0.2, 0) is 0 Å². The Hall–Kier alpha value is -0.740. The highest BCUT2D eigenvalue weighted by Gasteiger charge is 2.17. The van der Waals surface area contributed by atoms with E-state index in [-0.39, 0.29) is 12.1 Å². The maximum Gasteiger partial charge on any atom is 0.0578 e. The first-order valence-electron chi connectivity index (χ1n) is 4.89. The highest BCUT2D eigenvalue weighted by atomic mass is 79.9. The molecular weight excluding hydrogens is 256 g/mol. The average Bonchev–Trinajstić information content (AvgIpc) is 2.09. The van der Waals surface area contributed by atoms with Gasteiger partial charge in [0.1, 0.15) is 0 Å². The van der Waals surface area contributed by atoms with Gasteiger partial charge < -0.3 is 16.2 Å². The summed E-state index contributed by atoms with van der Waals surface area (Å²) in [4.78, 5) is 0. The molecule has 15 heavy (non-hydrogen) atoms. The van der Waals surface area contributed by atoms with Gasteiger partial charge in [-0.25, -0.2) is 0 Å². The first kappa shape index (κ1) is 12.3. The Morgan fingerprint density at radius 2 is 2.13 bits per heavy atom. The zero-order valence-electron chi connectivity index (χ0n) is 9.05. The van der Waals surface area contributed by atoms with E-state index in [0.29, 0.717) is 12.1 Å². The molecule has 0 aromatic heterocycles. The molecule has 0 amide bonds. The van der Waals surface area contributed by atoms with Crippen LogP contribution >= 0.6 is 15.9 Å². The highest BCUT2D eigenvalue weighted by molar-refractivity contribution is 9.10. The van der Waals surface area contributed by atoms with Gasteiger partial charge in [-0.05, 0) is 38.5 Å². The Morgan fingerprint density at radius 1 is 1.47 bits per heavy atom. The molecule has 0 fully saturated rings. The number of rotatable bonds is 4. The molecule has 0 atom stereocenters. The number of aliphatic hydroxyl groups excluding tert-OH is 1. The van der Waals surface area contributed by atoms with Crippen LogP contribution in [0.15, 0.2) is 22.7 Å². The lowest BCUT2D eigenvalue weighted by Gasteiger charge is -2.27. The minimum absolute atomic E-state index is 0.156. The van der Waals surface area contributed by atoms with Crippen molar-refractivity contribution in [3.63, 3.8) is 0 Å². The second-order valence-corrected chi connectivity index (χ2v) is 5.13. The molecule has 0 unspecified atom stereocenters. The molecule has 1 aromatic rings. The summed E-state index contributed by atoms with van der Waals surface area (Å²) >= 11 is 3.36. The number of nitrogens with two attached hydrogens (primary N) is 1. The number of nitrogens with one attached hydrogen (secondary N) is 1. The van der Waals surface area contributed by atoms with Gasteiger partial charge in [0, 0.05) is 16.6 Å². The van der Waals surface area contributed by atoms with Crippen LogP contribution in [0.1, 0.15) is 20.3 Å². The SMILES string of the molecule is CC(C)(CCO)Nc1ccc(Br)cc1N. The topological polar surface area (TPSA) is 58.3 Å². The summed E-state index contributed by atoms with van der Waals surface area (Å²) in [5, 5.41) is 12.2. The Balaban J connectivity index is 2.80. The van der Waals surface area contributed by atoms with E-state index in [0.717, 1.165) is 10.2 Å². The lowest BCUT2D eigenvalue weighted by Crippen LogP contribution is -2.32. The van der Waals surface area contributed by atoms with Gasteiger partial charge in [-0.2, -0.15) is 0 Å². The van der Waals surface area contributed by atoms with Gasteiger partial charge in [0.2, 0.25) is 0 Å². The lowest BCUT2D eigenvalue weighted by molar-refractivity contribution is 0.261.